The van der Waals surface area contributed by atoms with Crippen molar-refractivity contribution in [2.75, 3.05) is 6.54 Å². The fraction of sp³-hybridized carbons (Fsp3) is 0.143. The molecule has 3 N–H and O–H groups in total. The second-order valence-corrected chi connectivity index (χ2v) is 3.51. The van der Waals surface area contributed by atoms with Gasteiger partial charge in [0.15, 0.2) is 10.9 Å². The molecule has 0 saturated heterocycles. The molecule has 0 aliphatic carbocycles. The van der Waals surface area contributed by atoms with Crippen LogP contribution in [0.1, 0.15) is 9.67 Å². The Kier molecular flexibility index (Phi) is 3.19. The Morgan fingerprint density at radius 3 is 3.00 bits per heavy atom. The van der Waals surface area contributed by atoms with E-state index < -0.39 is 0 Å². The van der Waals surface area contributed by atoms with E-state index in [9.17, 15) is 4.79 Å². The number of ketones is 1. The molecule has 0 aliphatic rings. The molecule has 0 fully saturated rings. The molecule has 0 aromatic carbocycles. The van der Waals surface area contributed by atoms with Crippen LogP contribution in [0.25, 0.3) is 0 Å². The van der Waals surface area contributed by atoms with Crippen molar-refractivity contribution in [1.29, 1.82) is 0 Å². The van der Waals surface area contributed by atoms with Crippen LogP contribution in [0.15, 0.2) is 17.5 Å². The van der Waals surface area contributed by atoms with Crippen LogP contribution in [0.2, 0.25) is 0 Å². The van der Waals surface area contributed by atoms with Gasteiger partial charge in [-0.05, 0) is 23.7 Å². The number of Topliss-reactive ketones (excluding diaryl/α,β-unsaturated/α-hetero) is 1. The van der Waals surface area contributed by atoms with E-state index in [1.54, 1.807) is 6.07 Å². The minimum atomic E-state index is 0.0119. The number of carbonyl (C=O) groups excluding carboxylic acids is 1. The van der Waals surface area contributed by atoms with Crippen LogP contribution in [-0.4, -0.2) is 17.4 Å². The molecule has 5 heteroatoms. The van der Waals surface area contributed by atoms with Crippen LogP contribution >= 0.6 is 23.6 Å². The Hall–Kier alpha value is -0.940. The van der Waals surface area contributed by atoms with Crippen LogP contribution in [0, 0.1) is 0 Å². The van der Waals surface area contributed by atoms with Crippen molar-refractivity contribution in [2.45, 2.75) is 0 Å². The molecule has 0 saturated carbocycles. The fourth-order valence-electron chi connectivity index (χ4n) is 0.692. The lowest BCUT2D eigenvalue weighted by Gasteiger charge is -1.99. The molecule has 12 heavy (non-hydrogen) atoms. The normalized spacial score (nSPS) is 9.33. The number of carbonyl (C=O) groups is 1. The SMILES string of the molecule is NC(=S)NCC(=O)c1cccs1. The summed E-state index contributed by atoms with van der Waals surface area (Å²) in [6.45, 7) is 0.176. The smallest absolute Gasteiger partial charge is 0.191 e. The van der Waals surface area contributed by atoms with Gasteiger partial charge >= 0.3 is 0 Å². The van der Waals surface area contributed by atoms with Crippen molar-refractivity contribution >= 4 is 34.5 Å². The Labute approximate surface area is 79.6 Å². The number of nitrogens with two attached hydrogens (primary N) is 1. The van der Waals surface area contributed by atoms with Crippen LogP contribution in [-0.2, 0) is 0 Å². The zero-order valence-electron chi connectivity index (χ0n) is 6.24. The number of rotatable bonds is 3. The quantitative estimate of drug-likeness (QED) is 0.559. The molecule has 0 unspecified atom stereocenters. The van der Waals surface area contributed by atoms with Crippen molar-refractivity contribution < 1.29 is 4.79 Å². The Bertz CT molecular complexity index is 282. The molecule has 1 aromatic rings. The van der Waals surface area contributed by atoms with Gasteiger partial charge in [0, 0.05) is 0 Å². The molecule has 0 atom stereocenters. The van der Waals surface area contributed by atoms with Gasteiger partial charge in [-0.15, -0.1) is 11.3 Å². The van der Waals surface area contributed by atoms with E-state index in [1.807, 2.05) is 11.4 Å². The standard InChI is InChI=1S/C7H8N2OS2/c8-7(11)9-4-5(10)6-2-1-3-12-6/h1-3H,4H2,(H3,8,9,11). The third kappa shape index (κ3) is 2.60. The largest absolute Gasteiger partial charge is 0.376 e. The van der Waals surface area contributed by atoms with Gasteiger partial charge in [-0.3, -0.25) is 4.79 Å². The molecule has 1 aromatic heterocycles. The van der Waals surface area contributed by atoms with Crippen molar-refractivity contribution in [3.8, 4) is 0 Å². The average Bonchev–Trinajstić information content (AvgIpc) is 2.51. The van der Waals surface area contributed by atoms with Crippen molar-refractivity contribution in [2.24, 2.45) is 5.73 Å². The maximum Gasteiger partial charge on any atom is 0.191 e. The summed E-state index contributed by atoms with van der Waals surface area (Å²) < 4.78 is 0. The summed E-state index contributed by atoms with van der Waals surface area (Å²) >= 11 is 5.97. The fourth-order valence-corrected chi connectivity index (χ4v) is 1.43. The maximum atomic E-state index is 11.2. The monoisotopic (exact) mass is 200 g/mol. The first-order chi connectivity index (χ1) is 5.70. The van der Waals surface area contributed by atoms with E-state index in [-0.39, 0.29) is 17.4 Å². The summed E-state index contributed by atoms with van der Waals surface area (Å²) in [6, 6.07) is 3.60. The highest BCUT2D eigenvalue weighted by molar-refractivity contribution is 7.80. The molecule has 0 bridgehead atoms. The predicted octanol–water partition coefficient (Wildman–Crippen LogP) is 0.764. The first-order valence-electron chi connectivity index (χ1n) is 3.30. The Morgan fingerprint density at radius 2 is 2.50 bits per heavy atom. The minimum Gasteiger partial charge on any atom is -0.376 e. The summed E-state index contributed by atoms with van der Waals surface area (Å²) in [7, 11) is 0. The van der Waals surface area contributed by atoms with E-state index in [0.717, 1.165) is 4.88 Å². The third-order valence-electron chi connectivity index (χ3n) is 1.22. The van der Waals surface area contributed by atoms with E-state index in [0.29, 0.717) is 0 Å². The van der Waals surface area contributed by atoms with E-state index in [1.165, 1.54) is 11.3 Å². The highest BCUT2D eigenvalue weighted by atomic mass is 32.1. The molecule has 3 nitrogen and oxygen atoms in total. The van der Waals surface area contributed by atoms with Crippen LogP contribution in [0.3, 0.4) is 0 Å². The number of thiophene rings is 1. The zero-order chi connectivity index (χ0) is 8.97. The lowest BCUT2D eigenvalue weighted by Crippen LogP contribution is -2.33. The van der Waals surface area contributed by atoms with Gasteiger partial charge in [-0.2, -0.15) is 0 Å². The first kappa shape index (κ1) is 9.15. The van der Waals surface area contributed by atoms with Crippen molar-refractivity contribution in [1.82, 2.24) is 5.32 Å². The van der Waals surface area contributed by atoms with Crippen LogP contribution < -0.4 is 11.1 Å². The van der Waals surface area contributed by atoms with Gasteiger partial charge in [-0.1, -0.05) is 6.07 Å². The molecule has 1 rings (SSSR count). The number of hydrogen-bond acceptors (Lipinski definition) is 3. The van der Waals surface area contributed by atoms with Gasteiger partial charge in [-0.25, -0.2) is 0 Å². The lowest BCUT2D eigenvalue weighted by molar-refractivity contribution is 0.100. The molecule has 0 aliphatic heterocycles. The second-order valence-electron chi connectivity index (χ2n) is 2.12. The zero-order valence-corrected chi connectivity index (χ0v) is 7.87. The topological polar surface area (TPSA) is 55.1 Å². The molecule has 0 radical (unpaired) electrons. The van der Waals surface area contributed by atoms with Crippen LogP contribution in [0.5, 0.6) is 0 Å². The first-order valence-corrected chi connectivity index (χ1v) is 4.59. The minimum absolute atomic E-state index is 0.0119. The summed E-state index contributed by atoms with van der Waals surface area (Å²) in [5.74, 6) is 0.0119. The molecule has 64 valence electrons. The number of thiocarbonyl (C=S) groups is 1. The second kappa shape index (κ2) is 4.18. The van der Waals surface area contributed by atoms with Gasteiger partial charge < -0.3 is 11.1 Å². The molecular formula is C7H8N2OS2. The van der Waals surface area contributed by atoms with Gasteiger partial charge in [0.25, 0.3) is 0 Å². The highest BCUT2D eigenvalue weighted by Crippen LogP contribution is 2.08. The third-order valence-corrected chi connectivity index (χ3v) is 2.27. The van der Waals surface area contributed by atoms with Crippen molar-refractivity contribution in [3.63, 3.8) is 0 Å². The van der Waals surface area contributed by atoms with E-state index >= 15 is 0 Å². The number of nitrogens with one attached hydrogen (secondary N) is 1. The van der Waals surface area contributed by atoms with E-state index in [2.05, 4.69) is 17.5 Å². The van der Waals surface area contributed by atoms with Gasteiger partial charge in [0.1, 0.15) is 0 Å². The van der Waals surface area contributed by atoms with Gasteiger partial charge in [0.05, 0.1) is 11.4 Å². The van der Waals surface area contributed by atoms with Gasteiger partial charge in [0.2, 0.25) is 0 Å². The molecular weight excluding hydrogens is 192 g/mol. The lowest BCUT2D eigenvalue weighted by atomic mass is 10.3. The summed E-state index contributed by atoms with van der Waals surface area (Å²) in [4.78, 5) is 12.0. The predicted molar refractivity (Wildman–Crippen MR) is 53.4 cm³/mol. The Balaban J connectivity index is 2.45. The summed E-state index contributed by atoms with van der Waals surface area (Å²) in [5, 5.41) is 4.61. The maximum absolute atomic E-state index is 11.2. The van der Waals surface area contributed by atoms with Crippen molar-refractivity contribution in [3.05, 3.63) is 22.4 Å². The highest BCUT2D eigenvalue weighted by Gasteiger charge is 2.05. The molecule has 1 heterocycles. The Morgan fingerprint density at radius 1 is 1.75 bits per heavy atom. The number of hydrogen-bond donors (Lipinski definition) is 2. The summed E-state index contributed by atoms with van der Waals surface area (Å²) in [6.07, 6.45) is 0. The molecule has 0 spiro atoms. The van der Waals surface area contributed by atoms with Crippen LogP contribution in [0.4, 0.5) is 0 Å². The molecule has 0 amide bonds. The summed E-state index contributed by atoms with van der Waals surface area (Å²) in [5.41, 5.74) is 5.17. The average molecular weight is 200 g/mol. The van der Waals surface area contributed by atoms with E-state index in [4.69, 9.17) is 5.73 Å².